The number of halogens is 1. The SMILES string of the molecule is Cc1cccc(N2C(=O)C(=O)C(=C(O)c3ccccc3)[C@@H]2c2ccc(F)cc2)c1. The molecule has 0 radical (unpaired) electrons. The van der Waals surface area contributed by atoms with Gasteiger partial charge in [0.05, 0.1) is 11.6 Å². The van der Waals surface area contributed by atoms with Gasteiger partial charge >= 0.3 is 0 Å². The molecule has 4 nitrogen and oxygen atoms in total. The summed E-state index contributed by atoms with van der Waals surface area (Å²) in [5, 5.41) is 10.9. The number of rotatable bonds is 3. The molecule has 3 aromatic carbocycles. The van der Waals surface area contributed by atoms with Gasteiger partial charge in [-0.2, -0.15) is 0 Å². The van der Waals surface area contributed by atoms with Gasteiger partial charge in [0, 0.05) is 11.3 Å². The third-order valence-electron chi connectivity index (χ3n) is 4.96. The molecule has 0 saturated carbocycles. The normalized spacial score (nSPS) is 18.3. The van der Waals surface area contributed by atoms with Crippen molar-refractivity contribution >= 4 is 23.1 Å². The molecule has 0 aliphatic carbocycles. The Bertz CT molecular complexity index is 1120. The van der Waals surface area contributed by atoms with Crippen molar-refractivity contribution < 1.29 is 19.1 Å². The third-order valence-corrected chi connectivity index (χ3v) is 4.96. The zero-order valence-corrected chi connectivity index (χ0v) is 15.7. The minimum Gasteiger partial charge on any atom is -0.507 e. The minimum absolute atomic E-state index is 0.0192. The molecule has 144 valence electrons. The van der Waals surface area contributed by atoms with Crippen molar-refractivity contribution in [3.05, 3.63) is 107 Å². The third kappa shape index (κ3) is 3.31. The van der Waals surface area contributed by atoms with E-state index in [1.165, 1.54) is 29.2 Å². The summed E-state index contributed by atoms with van der Waals surface area (Å²) in [7, 11) is 0. The molecule has 1 heterocycles. The maximum Gasteiger partial charge on any atom is 0.300 e. The van der Waals surface area contributed by atoms with Crippen LogP contribution in [0, 0.1) is 12.7 Å². The van der Waals surface area contributed by atoms with Crippen LogP contribution in [-0.4, -0.2) is 16.8 Å². The number of amides is 1. The van der Waals surface area contributed by atoms with E-state index >= 15 is 0 Å². The van der Waals surface area contributed by atoms with Gasteiger partial charge in [0.15, 0.2) is 0 Å². The van der Waals surface area contributed by atoms with Crippen molar-refractivity contribution in [2.75, 3.05) is 4.90 Å². The van der Waals surface area contributed by atoms with Crippen LogP contribution in [-0.2, 0) is 9.59 Å². The van der Waals surface area contributed by atoms with Crippen LogP contribution in [0.5, 0.6) is 0 Å². The van der Waals surface area contributed by atoms with Gasteiger partial charge in [-0.3, -0.25) is 14.5 Å². The molecule has 1 saturated heterocycles. The number of nitrogens with zero attached hydrogens (tertiary/aromatic N) is 1. The van der Waals surface area contributed by atoms with Crippen molar-refractivity contribution in [2.45, 2.75) is 13.0 Å². The van der Waals surface area contributed by atoms with E-state index < -0.39 is 23.5 Å². The molecular weight excluding hydrogens is 369 g/mol. The first-order valence-corrected chi connectivity index (χ1v) is 9.16. The molecule has 4 rings (SSSR count). The predicted molar refractivity (Wildman–Crippen MR) is 109 cm³/mol. The van der Waals surface area contributed by atoms with Crippen LogP contribution in [0.25, 0.3) is 5.76 Å². The summed E-state index contributed by atoms with van der Waals surface area (Å²) in [5.74, 6) is -2.19. The highest BCUT2D eigenvalue weighted by molar-refractivity contribution is 6.51. The number of Topliss-reactive ketones (excluding diaryl/α,β-unsaturated/α-hetero) is 1. The predicted octanol–water partition coefficient (Wildman–Crippen LogP) is 4.76. The van der Waals surface area contributed by atoms with Gasteiger partial charge < -0.3 is 5.11 Å². The number of hydrogen-bond acceptors (Lipinski definition) is 3. The first-order valence-electron chi connectivity index (χ1n) is 9.16. The number of ketones is 1. The zero-order chi connectivity index (χ0) is 20.5. The average Bonchev–Trinajstić information content (AvgIpc) is 2.99. The second-order valence-electron chi connectivity index (χ2n) is 6.93. The largest absolute Gasteiger partial charge is 0.507 e. The summed E-state index contributed by atoms with van der Waals surface area (Å²) in [4.78, 5) is 27.3. The Balaban J connectivity index is 1.96. The smallest absolute Gasteiger partial charge is 0.300 e. The van der Waals surface area contributed by atoms with Crippen molar-refractivity contribution in [1.82, 2.24) is 0 Å². The quantitative estimate of drug-likeness (QED) is 0.400. The van der Waals surface area contributed by atoms with E-state index in [2.05, 4.69) is 0 Å². The number of aryl methyl sites for hydroxylation is 1. The van der Waals surface area contributed by atoms with E-state index in [9.17, 15) is 19.1 Å². The van der Waals surface area contributed by atoms with Gasteiger partial charge in [0.1, 0.15) is 11.6 Å². The topological polar surface area (TPSA) is 57.6 Å². The average molecular weight is 387 g/mol. The highest BCUT2D eigenvalue weighted by Crippen LogP contribution is 2.42. The lowest BCUT2D eigenvalue weighted by Gasteiger charge is -2.25. The van der Waals surface area contributed by atoms with E-state index in [4.69, 9.17) is 0 Å². The van der Waals surface area contributed by atoms with Crippen LogP contribution >= 0.6 is 0 Å². The molecule has 0 unspecified atom stereocenters. The van der Waals surface area contributed by atoms with E-state index in [0.717, 1.165) is 5.56 Å². The molecule has 1 aliphatic heterocycles. The molecule has 5 heteroatoms. The first kappa shape index (κ1) is 18.6. The van der Waals surface area contributed by atoms with E-state index in [1.807, 2.05) is 13.0 Å². The summed E-state index contributed by atoms with van der Waals surface area (Å²) in [5.41, 5.74) is 2.40. The summed E-state index contributed by atoms with van der Waals surface area (Å²) in [6.07, 6.45) is 0. The highest BCUT2D eigenvalue weighted by atomic mass is 19.1. The first-order chi connectivity index (χ1) is 14.0. The zero-order valence-electron chi connectivity index (χ0n) is 15.7. The Morgan fingerprint density at radius 3 is 2.28 bits per heavy atom. The number of aliphatic hydroxyl groups is 1. The number of carbonyl (C=O) groups is 2. The van der Waals surface area contributed by atoms with Gasteiger partial charge in [-0.1, -0.05) is 54.6 Å². The number of anilines is 1. The molecule has 0 bridgehead atoms. The summed E-state index contributed by atoms with van der Waals surface area (Å²) >= 11 is 0. The standard InChI is InChI=1S/C24H18FNO3/c1-15-6-5-9-19(14-15)26-21(16-10-12-18(25)13-11-16)20(23(28)24(26)29)22(27)17-7-3-2-4-8-17/h2-14,21,27H,1H3/t21-/m0/s1. The lowest BCUT2D eigenvalue weighted by atomic mass is 9.95. The maximum atomic E-state index is 13.5. The van der Waals surface area contributed by atoms with Crippen LogP contribution in [0.15, 0.2) is 84.4 Å². The Hall–Kier alpha value is -3.73. The minimum atomic E-state index is -0.863. The Morgan fingerprint density at radius 1 is 0.931 bits per heavy atom. The van der Waals surface area contributed by atoms with Crippen LogP contribution < -0.4 is 4.90 Å². The lowest BCUT2D eigenvalue weighted by Crippen LogP contribution is -2.29. The van der Waals surface area contributed by atoms with Gasteiger partial charge in [0.25, 0.3) is 11.7 Å². The molecule has 29 heavy (non-hydrogen) atoms. The second kappa shape index (κ2) is 7.36. The van der Waals surface area contributed by atoms with E-state index in [-0.39, 0.29) is 11.3 Å². The maximum absolute atomic E-state index is 13.5. The molecular formula is C24H18FNO3. The number of hydrogen-bond donors (Lipinski definition) is 1. The molecule has 1 N–H and O–H groups in total. The molecule has 1 aliphatic rings. The van der Waals surface area contributed by atoms with Crippen LogP contribution in [0.1, 0.15) is 22.7 Å². The number of aliphatic hydroxyl groups excluding tert-OH is 1. The van der Waals surface area contributed by atoms with E-state index in [0.29, 0.717) is 16.8 Å². The van der Waals surface area contributed by atoms with Crippen molar-refractivity contribution in [3.63, 3.8) is 0 Å². The number of carbonyl (C=O) groups excluding carboxylic acids is 2. The second-order valence-corrected chi connectivity index (χ2v) is 6.93. The summed E-state index contributed by atoms with van der Waals surface area (Å²) < 4.78 is 13.5. The Morgan fingerprint density at radius 2 is 1.62 bits per heavy atom. The summed E-state index contributed by atoms with van der Waals surface area (Å²) in [6.45, 7) is 1.89. The van der Waals surface area contributed by atoms with Gasteiger partial charge in [-0.25, -0.2) is 4.39 Å². The van der Waals surface area contributed by atoms with Crippen LogP contribution in [0.3, 0.4) is 0 Å². The van der Waals surface area contributed by atoms with E-state index in [1.54, 1.807) is 48.5 Å². The van der Waals surface area contributed by atoms with Crippen molar-refractivity contribution in [3.8, 4) is 0 Å². The van der Waals surface area contributed by atoms with Gasteiger partial charge in [-0.15, -0.1) is 0 Å². The Labute approximate surface area is 167 Å². The van der Waals surface area contributed by atoms with Gasteiger partial charge in [0.2, 0.25) is 0 Å². The monoisotopic (exact) mass is 387 g/mol. The molecule has 1 fully saturated rings. The molecule has 0 spiro atoms. The fourth-order valence-corrected chi connectivity index (χ4v) is 3.59. The molecule has 0 aromatic heterocycles. The fourth-order valence-electron chi connectivity index (χ4n) is 3.59. The highest BCUT2D eigenvalue weighted by Gasteiger charge is 2.46. The molecule has 1 amide bonds. The van der Waals surface area contributed by atoms with Crippen molar-refractivity contribution in [1.29, 1.82) is 0 Å². The van der Waals surface area contributed by atoms with Crippen LogP contribution in [0.2, 0.25) is 0 Å². The van der Waals surface area contributed by atoms with Crippen LogP contribution in [0.4, 0.5) is 10.1 Å². The molecule has 1 atom stereocenters. The van der Waals surface area contributed by atoms with Gasteiger partial charge in [-0.05, 0) is 42.3 Å². The number of benzene rings is 3. The fraction of sp³-hybridized carbons (Fsp3) is 0.0833. The van der Waals surface area contributed by atoms with Crippen molar-refractivity contribution in [2.24, 2.45) is 0 Å². The molecule has 3 aromatic rings. The lowest BCUT2D eigenvalue weighted by molar-refractivity contribution is -0.132. The summed E-state index contributed by atoms with van der Waals surface area (Å²) in [6, 6.07) is 20.5. The Kier molecular flexibility index (Phi) is 4.72.